The lowest BCUT2D eigenvalue weighted by molar-refractivity contribution is -0.384. The van der Waals surface area contributed by atoms with Gasteiger partial charge in [-0.3, -0.25) is 24.6 Å². The molecule has 0 radical (unpaired) electrons. The van der Waals surface area contributed by atoms with Crippen LogP contribution < -0.4 is 9.47 Å². The lowest BCUT2D eigenvalue weighted by Crippen LogP contribution is -2.27. The van der Waals surface area contributed by atoms with Gasteiger partial charge in [0.15, 0.2) is 11.5 Å². The van der Waals surface area contributed by atoms with E-state index in [1.807, 2.05) is 0 Å². The monoisotopic (exact) mass is 518 g/mol. The molecule has 2 aromatic carbocycles. The Balaban J connectivity index is 1.36. The third-order valence-corrected chi connectivity index (χ3v) is 6.65. The SMILES string of the molecule is O=C1S/C(=C\c2ccc(-c3ccc(Cl)c([N+](=O)[O-])c3)o2)C(=O)N1Cc1cc2c(cc1Cl)OCO2. The smallest absolute Gasteiger partial charge is 0.293 e. The maximum atomic E-state index is 12.9. The zero-order valence-corrected chi connectivity index (χ0v) is 19.3. The first kappa shape index (κ1) is 22.3. The maximum Gasteiger partial charge on any atom is 0.293 e. The summed E-state index contributed by atoms with van der Waals surface area (Å²) >= 11 is 12.9. The van der Waals surface area contributed by atoms with E-state index in [2.05, 4.69) is 0 Å². The minimum Gasteiger partial charge on any atom is -0.457 e. The molecule has 0 spiro atoms. The molecule has 34 heavy (non-hydrogen) atoms. The molecule has 0 bridgehead atoms. The minimum absolute atomic E-state index is 0.0109. The predicted molar refractivity (Wildman–Crippen MR) is 125 cm³/mol. The number of amides is 2. The molecule has 0 saturated carbocycles. The van der Waals surface area contributed by atoms with E-state index >= 15 is 0 Å². The summed E-state index contributed by atoms with van der Waals surface area (Å²) in [6.45, 7) is 0.0449. The van der Waals surface area contributed by atoms with Crippen LogP contribution in [-0.2, 0) is 11.3 Å². The number of hydrogen-bond donors (Lipinski definition) is 0. The Morgan fingerprint density at radius 3 is 2.59 bits per heavy atom. The average molecular weight is 519 g/mol. The van der Waals surface area contributed by atoms with Crippen molar-refractivity contribution in [3.63, 3.8) is 0 Å². The molecule has 1 aromatic heterocycles. The van der Waals surface area contributed by atoms with E-state index in [-0.39, 0.29) is 29.0 Å². The zero-order chi connectivity index (χ0) is 24.0. The lowest BCUT2D eigenvalue weighted by atomic mass is 10.1. The number of benzene rings is 2. The molecule has 1 saturated heterocycles. The summed E-state index contributed by atoms with van der Waals surface area (Å²) < 4.78 is 16.3. The lowest BCUT2D eigenvalue weighted by Gasteiger charge is -2.14. The van der Waals surface area contributed by atoms with Crippen molar-refractivity contribution >= 4 is 57.9 Å². The van der Waals surface area contributed by atoms with Crippen molar-refractivity contribution in [2.24, 2.45) is 0 Å². The van der Waals surface area contributed by atoms with Crippen LogP contribution >= 0.6 is 35.0 Å². The fourth-order valence-corrected chi connectivity index (χ4v) is 4.63. The molecule has 0 aliphatic carbocycles. The molecule has 2 aliphatic rings. The summed E-state index contributed by atoms with van der Waals surface area (Å²) in [7, 11) is 0. The number of furan rings is 1. The summed E-state index contributed by atoms with van der Waals surface area (Å²) in [6, 6.07) is 10.7. The van der Waals surface area contributed by atoms with E-state index < -0.39 is 16.1 Å². The average Bonchev–Trinajstić information content (AvgIpc) is 3.51. The molecule has 9 nitrogen and oxygen atoms in total. The minimum atomic E-state index is -0.585. The Morgan fingerprint density at radius 2 is 1.82 bits per heavy atom. The van der Waals surface area contributed by atoms with Crippen molar-refractivity contribution in [2.75, 3.05) is 6.79 Å². The van der Waals surface area contributed by atoms with Gasteiger partial charge in [0.05, 0.1) is 16.4 Å². The van der Waals surface area contributed by atoms with Gasteiger partial charge in [-0.2, -0.15) is 0 Å². The van der Waals surface area contributed by atoms with Gasteiger partial charge in [0, 0.05) is 28.8 Å². The molecule has 172 valence electrons. The number of halogens is 2. The van der Waals surface area contributed by atoms with Crippen LogP contribution in [0.2, 0.25) is 10.0 Å². The normalized spacial score (nSPS) is 16.1. The van der Waals surface area contributed by atoms with Crippen LogP contribution in [0, 0.1) is 10.1 Å². The molecular weight excluding hydrogens is 507 g/mol. The van der Waals surface area contributed by atoms with Gasteiger partial charge in [-0.1, -0.05) is 23.2 Å². The van der Waals surface area contributed by atoms with Crippen LogP contribution in [0.15, 0.2) is 51.8 Å². The van der Waals surface area contributed by atoms with Gasteiger partial charge in [0.25, 0.3) is 16.8 Å². The Hall–Kier alpha value is -3.47. The molecular formula is C22H12Cl2N2O7S. The number of carbonyl (C=O) groups excluding carboxylic acids is 2. The number of fused-ring (bicyclic) bond motifs is 1. The molecule has 0 N–H and O–H groups in total. The van der Waals surface area contributed by atoms with Crippen molar-refractivity contribution in [3.8, 4) is 22.8 Å². The second-order valence-corrected chi connectivity index (χ2v) is 9.00. The van der Waals surface area contributed by atoms with E-state index in [4.69, 9.17) is 37.1 Å². The Labute approximate surface area is 206 Å². The van der Waals surface area contributed by atoms with Crippen LogP contribution in [0.4, 0.5) is 10.5 Å². The first-order valence-corrected chi connectivity index (χ1v) is 11.2. The molecule has 2 aliphatic heterocycles. The van der Waals surface area contributed by atoms with Crippen LogP contribution in [0.1, 0.15) is 11.3 Å². The molecule has 0 unspecified atom stereocenters. The second-order valence-electron chi connectivity index (χ2n) is 7.19. The summed E-state index contributed by atoms with van der Waals surface area (Å²) in [5.41, 5.74) is 0.737. The van der Waals surface area contributed by atoms with E-state index in [1.54, 1.807) is 30.3 Å². The Morgan fingerprint density at radius 1 is 1.06 bits per heavy atom. The van der Waals surface area contributed by atoms with Crippen LogP contribution in [-0.4, -0.2) is 27.8 Å². The highest BCUT2D eigenvalue weighted by atomic mass is 35.5. The highest BCUT2D eigenvalue weighted by Crippen LogP contribution is 2.40. The summed E-state index contributed by atoms with van der Waals surface area (Å²) in [4.78, 5) is 37.2. The van der Waals surface area contributed by atoms with Gasteiger partial charge in [-0.25, -0.2) is 0 Å². The highest BCUT2D eigenvalue weighted by molar-refractivity contribution is 8.18. The first-order chi connectivity index (χ1) is 16.3. The van der Waals surface area contributed by atoms with E-state index in [0.29, 0.717) is 39.2 Å². The van der Waals surface area contributed by atoms with Crippen molar-refractivity contribution in [1.29, 1.82) is 0 Å². The van der Waals surface area contributed by atoms with Gasteiger partial charge in [-0.15, -0.1) is 0 Å². The number of nitro groups is 1. The van der Waals surface area contributed by atoms with Crippen molar-refractivity contribution in [2.45, 2.75) is 6.54 Å². The van der Waals surface area contributed by atoms with Crippen molar-refractivity contribution < 1.29 is 28.4 Å². The predicted octanol–water partition coefficient (Wildman–Crippen LogP) is 6.13. The summed E-state index contributed by atoms with van der Waals surface area (Å²) in [5.74, 6) is 1.15. The topological polar surface area (TPSA) is 112 Å². The van der Waals surface area contributed by atoms with Crippen molar-refractivity contribution in [3.05, 3.63) is 78.9 Å². The third-order valence-electron chi connectivity index (χ3n) is 5.07. The number of rotatable bonds is 5. The van der Waals surface area contributed by atoms with Gasteiger partial charge < -0.3 is 13.9 Å². The Kier molecular flexibility index (Phi) is 5.72. The van der Waals surface area contributed by atoms with E-state index in [0.717, 1.165) is 16.7 Å². The van der Waals surface area contributed by atoms with E-state index in [9.17, 15) is 19.7 Å². The zero-order valence-electron chi connectivity index (χ0n) is 16.9. The quantitative estimate of drug-likeness (QED) is 0.225. The number of thioether (sulfide) groups is 1. The van der Waals surface area contributed by atoms with Gasteiger partial charge in [-0.05, 0) is 47.7 Å². The van der Waals surface area contributed by atoms with Crippen LogP contribution in [0.25, 0.3) is 17.4 Å². The number of carbonyl (C=O) groups is 2. The number of hydrogen-bond acceptors (Lipinski definition) is 8. The second kappa shape index (κ2) is 8.71. The summed E-state index contributed by atoms with van der Waals surface area (Å²) in [6.07, 6.45) is 1.44. The van der Waals surface area contributed by atoms with Crippen molar-refractivity contribution in [1.82, 2.24) is 4.90 Å². The summed E-state index contributed by atoms with van der Waals surface area (Å²) in [5, 5.41) is 11.0. The molecule has 3 heterocycles. The number of nitrogens with zero attached hydrogens (tertiary/aromatic N) is 2. The number of ether oxygens (including phenoxy) is 2. The largest absolute Gasteiger partial charge is 0.457 e. The third kappa shape index (κ3) is 4.11. The number of nitro benzene ring substituents is 1. The highest BCUT2D eigenvalue weighted by Gasteiger charge is 2.36. The van der Waals surface area contributed by atoms with Crippen LogP contribution in [0.3, 0.4) is 0 Å². The Bertz CT molecular complexity index is 1400. The maximum absolute atomic E-state index is 12.9. The standard InChI is InChI=1S/C22H12Cl2N2O7S/c23-14-3-1-11(5-16(14)26(29)30)17-4-2-13(33-17)7-20-21(27)25(22(28)34-20)9-12-6-18-19(8-15(12)24)32-10-31-18/h1-8H,9-10H2/b20-7-. The van der Waals surface area contributed by atoms with Gasteiger partial charge in [0.2, 0.25) is 6.79 Å². The van der Waals surface area contributed by atoms with E-state index in [1.165, 1.54) is 18.2 Å². The fourth-order valence-electron chi connectivity index (χ4n) is 3.41. The first-order valence-electron chi connectivity index (χ1n) is 9.67. The molecule has 12 heteroatoms. The van der Waals surface area contributed by atoms with Gasteiger partial charge in [0.1, 0.15) is 16.5 Å². The fraction of sp³-hybridized carbons (Fsp3) is 0.0909. The molecule has 1 fully saturated rings. The molecule has 0 atom stereocenters. The van der Waals surface area contributed by atoms with Gasteiger partial charge >= 0.3 is 0 Å². The van der Waals surface area contributed by atoms with Crippen LogP contribution in [0.5, 0.6) is 11.5 Å². The number of imide groups is 1. The molecule has 2 amide bonds. The molecule has 5 rings (SSSR count). The molecule has 3 aromatic rings.